The first-order chi connectivity index (χ1) is 3.92. The lowest BCUT2D eigenvalue weighted by atomic mass is 10.6. The smallest absolute Gasteiger partial charge is 0.0820 e. The predicted molar refractivity (Wildman–Crippen MR) is 46.5 cm³/mol. The molecular weight excluding hydrogens is 165 g/mol. The normalized spacial score (nSPS) is 11.4. The molecular formula is C7H19ClNP. The molecule has 0 atom stereocenters. The number of halogens is 1. The summed E-state index contributed by atoms with van der Waals surface area (Å²) in [6, 6.07) is 0. The number of quaternary nitrogens is 1. The van der Waals surface area contributed by atoms with Crippen molar-refractivity contribution >= 4 is 7.92 Å². The van der Waals surface area contributed by atoms with E-state index in [0.29, 0.717) is 7.92 Å². The van der Waals surface area contributed by atoms with Crippen LogP contribution in [-0.2, 0) is 0 Å². The monoisotopic (exact) mass is 183 g/mol. The first-order valence-electron chi connectivity index (χ1n) is 3.37. The summed E-state index contributed by atoms with van der Waals surface area (Å²) in [5, 5.41) is 0. The van der Waals surface area contributed by atoms with Gasteiger partial charge in [0.2, 0.25) is 0 Å². The molecule has 0 radical (unpaired) electrons. The van der Waals surface area contributed by atoms with Crippen molar-refractivity contribution in [3.05, 3.63) is 0 Å². The second kappa shape index (κ2) is 5.35. The quantitative estimate of drug-likeness (QED) is 0.367. The first kappa shape index (κ1) is 13.3. The lowest BCUT2D eigenvalue weighted by molar-refractivity contribution is -0.867. The average Bonchev–Trinajstić information content (AvgIpc) is 1.59. The molecule has 0 aliphatic carbocycles. The summed E-state index contributed by atoms with van der Waals surface area (Å²) in [6.07, 6.45) is 1.40. The van der Waals surface area contributed by atoms with E-state index < -0.39 is 0 Å². The molecule has 0 amide bonds. The summed E-state index contributed by atoms with van der Waals surface area (Å²) < 4.78 is 1.11. The fraction of sp³-hybridized carbons (Fsp3) is 1.00. The summed E-state index contributed by atoms with van der Waals surface area (Å²) in [7, 11) is 7.07. The third-order valence-electron chi connectivity index (χ3n) is 1.22. The van der Waals surface area contributed by atoms with Crippen molar-refractivity contribution in [3.8, 4) is 0 Å². The van der Waals surface area contributed by atoms with Gasteiger partial charge in [0.15, 0.2) is 0 Å². The van der Waals surface area contributed by atoms with E-state index in [9.17, 15) is 0 Å². The number of hydrogen-bond donors (Lipinski definition) is 0. The van der Waals surface area contributed by atoms with E-state index >= 15 is 0 Å². The van der Waals surface area contributed by atoms with Crippen LogP contribution in [0.3, 0.4) is 0 Å². The van der Waals surface area contributed by atoms with Crippen molar-refractivity contribution in [2.45, 2.75) is 0 Å². The number of hydrogen-bond acceptors (Lipinski definition) is 0. The second-order valence-corrected chi connectivity index (χ2v) is 6.42. The summed E-state index contributed by atoms with van der Waals surface area (Å²) in [5.74, 6) is 0. The molecule has 0 unspecified atom stereocenters. The van der Waals surface area contributed by atoms with Crippen molar-refractivity contribution in [2.75, 3.05) is 47.2 Å². The fourth-order valence-corrected chi connectivity index (χ4v) is 1.50. The van der Waals surface area contributed by atoms with Crippen LogP contribution in [0, 0.1) is 0 Å². The zero-order valence-electron chi connectivity index (χ0n) is 7.69. The van der Waals surface area contributed by atoms with Crippen molar-refractivity contribution in [2.24, 2.45) is 0 Å². The van der Waals surface area contributed by atoms with E-state index in [1.807, 2.05) is 0 Å². The summed E-state index contributed by atoms with van der Waals surface area (Å²) in [6.45, 7) is 5.99. The van der Waals surface area contributed by atoms with Gasteiger partial charge in [-0.05, 0) is 13.3 Å². The largest absolute Gasteiger partial charge is 1.00 e. The van der Waals surface area contributed by atoms with Crippen LogP contribution in [0.15, 0.2) is 0 Å². The minimum atomic E-state index is 0. The van der Waals surface area contributed by atoms with Gasteiger partial charge in [-0.1, -0.05) is 0 Å². The zero-order valence-corrected chi connectivity index (χ0v) is 9.34. The van der Waals surface area contributed by atoms with Crippen molar-refractivity contribution in [1.82, 2.24) is 0 Å². The Morgan fingerprint density at radius 2 is 1.50 bits per heavy atom. The van der Waals surface area contributed by atoms with Gasteiger partial charge < -0.3 is 16.9 Å². The molecule has 0 bridgehead atoms. The molecule has 0 aromatic carbocycles. The molecule has 0 rings (SSSR count). The average molecular weight is 184 g/mol. The Morgan fingerprint density at radius 1 is 1.10 bits per heavy atom. The fourth-order valence-electron chi connectivity index (χ4n) is 0.500. The van der Waals surface area contributed by atoms with Crippen LogP contribution >= 0.6 is 7.92 Å². The van der Waals surface area contributed by atoms with E-state index in [1.54, 1.807) is 0 Å². The van der Waals surface area contributed by atoms with Gasteiger partial charge in [-0.2, -0.15) is 0 Å². The summed E-state index contributed by atoms with van der Waals surface area (Å²) in [5.41, 5.74) is 0. The van der Waals surface area contributed by atoms with Gasteiger partial charge >= 0.3 is 0 Å². The highest BCUT2D eigenvalue weighted by molar-refractivity contribution is 7.55. The van der Waals surface area contributed by atoms with Crippen LogP contribution in [0.25, 0.3) is 0 Å². The lowest BCUT2D eigenvalue weighted by Crippen LogP contribution is -3.00. The summed E-state index contributed by atoms with van der Waals surface area (Å²) >= 11 is 0. The molecule has 0 saturated carbocycles. The van der Waals surface area contributed by atoms with E-state index in [0.717, 1.165) is 4.48 Å². The van der Waals surface area contributed by atoms with Crippen LogP contribution in [0.4, 0.5) is 0 Å². The first-order valence-corrected chi connectivity index (χ1v) is 5.79. The SMILES string of the molecule is CP(C)CC[N+](C)(C)C.[Cl-]. The molecule has 0 aliphatic heterocycles. The Balaban J connectivity index is 0. The molecule has 10 heavy (non-hydrogen) atoms. The van der Waals surface area contributed by atoms with Gasteiger partial charge in [-0.15, -0.1) is 7.92 Å². The van der Waals surface area contributed by atoms with Crippen LogP contribution in [0.1, 0.15) is 0 Å². The van der Waals surface area contributed by atoms with Crippen molar-refractivity contribution in [1.29, 1.82) is 0 Å². The highest BCUT2D eigenvalue weighted by Gasteiger charge is 2.06. The molecule has 0 heterocycles. The molecule has 0 N–H and O–H groups in total. The molecule has 64 valence electrons. The van der Waals surface area contributed by atoms with E-state index in [4.69, 9.17) is 0 Å². The minimum Gasteiger partial charge on any atom is -1.00 e. The van der Waals surface area contributed by atoms with Crippen LogP contribution < -0.4 is 12.4 Å². The third kappa shape index (κ3) is 11.5. The Bertz CT molecular complexity index is 78.2. The number of rotatable bonds is 3. The van der Waals surface area contributed by atoms with Crippen LogP contribution in [-0.4, -0.2) is 51.7 Å². The van der Waals surface area contributed by atoms with E-state index in [1.165, 1.54) is 12.7 Å². The Kier molecular flexibility index (Phi) is 7.10. The molecule has 1 nitrogen and oxygen atoms in total. The maximum absolute atomic E-state index is 2.34. The van der Waals surface area contributed by atoms with Gasteiger partial charge in [0.25, 0.3) is 0 Å². The molecule has 0 aromatic heterocycles. The molecule has 0 fully saturated rings. The predicted octanol–water partition coefficient (Wildman–Crippen LogP) is -1.56. The summed E-state index contributed by atoms with van der Waals surface area (Å²) in [4.78, 5) is 0. The van der Waals surface area contributed by atoms with Crippen LogP contribution in [0.2, 0.25) is 0 Å². The highest BCUT2D eigenvalue weighted by Crippen LogP contribution is 2.23. The molecule has 0 saturated heterocycles. The minimum absolute atomic E-state index is 0. The van der Waals surface area contributed by atoms with Crippen molar-refractivity contribution < 1.29 is 16.9 Å². The van der Waals surface area contributed by atoms with Gasteiger partial charge in [0, 0.05) is 6.16 Å². The van der Waals surface area contributed by atoms with Gasteiger partial charge in [0.05, 0.1) is 27.7 Å². The zero-order chi connectivity index (χ0) is 7.49. The Morgan fingerprint density at radius 3 is 1.60 bits per heavy atom. The molecule has 0 spiro atoms. The maximum atomic E-state index is 2.34. The lowest BCUT2D eigenvalue weighted by Gasteiger charge is -2.24. The second-order valence-electron chi connectivity index (χ2n) is 3.82. The van der Waals surface area contributed by atoms with E-state index in [-0.39, 0.29) is 12.4 Å². The van der Waals surface area contributed by atoms with Crippen LogP contribution in [0.5, 0.6) is 0 Å². The standard InChI is InChI=1S/C7H19NP.ClH/c1-8(2,3)6-7-9(4)5;/h6-7H2,1-5H3;1H/q+1;/p-1. The topological polar surface area (TPSA) is 0 Å². The van der Waals surface area contributed by atoms with Gasteiger partial charge in [-0.25, -0.2) is 0 Å². The maximum Gasteiger partial charge on any atom is 0.0820 e. The molecule has 0 aliphatic rings. The number of nitrogens with zero attached hydrogens (tertiary/aromatic N) is 1. The van der Waals surface area contributed by atoms with Crippen molar-refractivity contribution in [3.63, 3.8) is 0 Å². The van der Waals surface area contributed by atoms with E-state index in [2.05, 4.69) is 34.5 Å². The molecule has 0 aromatic rings. The Hall–Kier alpha value is 0.680. The van der Waals surface area contributed by atoms with Gasteiger partial charge in [-0.3, -0.25) is 0 Å². The third-order valence-corrected chi connectivity index (χ3v) is 2.31. The molecule has 3 heteroatoms. The Labute approximate surface area is 72.6 Å². The highest BCUT2D eigenvalue weighted by atomic mass is 35.5. The van der Waals surface area contributed by atoms with Gasteiger partial charge in [0.1, 0.15) is 0 Å².